The third-order valence-electron chi connectivity index (χ3n) is 3.40. The van der Waals surface area contributed by atoms with Crippen molar-refractivity contribution in [2.75, 3.05) is 24.3 Å². The van der Waals surface area contributed by atoms with Crippen molar-refractivity contribution in [3.8, 4) is 5.75 Å². The molecule has 2 aromatic rings. The normalized spacial score (nSPS) is 10.0. The van der Waals surface area contributed by atoms with Crippen LogP contribution in [0.5, 0.6) is 5.75 Å². The van der Waals surface area contributed by atoms with Crippen LogP contribution in [0, 0.1) is 10.1 Å². The summed E-state index contributed by atoms with van der Waals surface area (Å²) >= 11 is 0. The van der Waals surface area contributed by atoms with Crippen molar-refractivity contribution >= 4 is 28.8 Å². The smallest absolute Gasteiger partial charge is 0.296 e. The number of ether oxygens (including phenoxy) is 1. The second-order valence-corrected chi connectivity index (χ2v) is 5.18. The standard InChI is InChI=1S/C17H17N3O5/c1-11(21)12-4-3-5-13(8-12)18-10-17(22)19-15-7-6-14(25-2)9-16(15)20(23)24/h3-9,18H,10H2,1-2H3,(H,19,22). The minimum atomic E-state index is -0.595. The van der Waals surface area contributed by atoms with Crippen LogP contribution < -0.4 is 15.4 Å². The topological polar surface area (TPSA) is 111 Å². The molecule has 8 nitrogen and oxygen atoms in total. The second-order valence-electron chi connectivity index (χ2n) is 5.18. The number of nitro benzene ring substituents is 1. The number of nitrogens with zero attached hydrogens (tertiary/aromatic N) is 1. The fourth-order valence-electron chi connectivity index (χ4n) is 2.12. The van der Waals surface area contributed by atoms with E-state index in [1.165, 1.54) is 32.2 Å². The van der Waals surface area contributed by atoms with E-state index in [0.717, 1.165) is 0 Å². The lowest BCUT2D eigenvalue weighted by Crippen LogP contribution is -2.22. The maximum atomic E-state index is 12.0. The first-order valence-corrected chi connectivity index (χ1v) is 7.38. The van der Waals surface area contributed by atoms with Gasteiger partial charge in [0.2, 0.25) is 5.91 Å². The lowest BCUT2D eigenvalue weighted by molar-refractivity contribution is -0.384. The molecular formula is C17H17N3O5. The van der Waals surface area contributed by atoms with Crippen molar-refractivity contribution in [2.45, 2.75) is 6.92 Å². The van der Waals surface area contributed by atoms with Crippen molar-refractivity contribution in [1.82, 2.24) is 0 Å². The Morgan fingerprint density at radius 3 is 2.60 bits per heavy atom. The van der Waals surface area contributed by atoms with Crippen LogP contribution in [0.15, 0.2) is 42.5 Å². The summed E-state index contributed by atoms with van der Waals surface area (Å²) in [6, 6.07) is 10.9. The zero-order valence-corrected chi connectivity index (χ0v) is 13.7. The first-order valence-electron chi connectivity index (χ1n) is 7.38. The molecule has 8 heteroatoms. The molecule has 2 rings (SSSR count). The molecule has 0 saturated heterocycles. The van der Waals surface area contributed by atoms with Crippen LogP contribution in [-0.4, -0.2) is 30.3 Å². The quantitative estimate of drug-likeness (QED) is 0.454. The van der Waals surface area contributed by atoms with E-state index in [4.69, 9.17) is 4.74 Å². The van der Waals surface area contributed by atoms with E-state index in [2.05, 4.69) is 10.6 Å². The number of methoxy groups -OCH3 is 1. The number of nitro groups is 1. The van der Waals surface area contributed by atoms with Gasteiger partial charge in [-0.2, -0.15) is 0 Å². The van der Waals surface area contributed by atoms with Gasteiger partial charge in [0.25, 0.3) is 5.69 Å². The first-order chi connectivity index (χ1) is 11.9. The first kappa shape index (κ1) is 17.9. The maximum absolute atomic E-state index is 12.0. The molecule has 0 bridgehead atoms. The molecule has 25 heavy (non-hydrogen) atoms. The summed E-state index contributed by atoms with van der Waals surface area (Å²) in [6.45, 7) is 1.35. The zero-order chi connectivity index (χ0) is 18.4. The zero-order valence-electron chi connectivity index (χ0n) is 13.7. The fourth-order valence-corrected chi connectivity index (χ4v) is 2.12. The van der Waals surface area contributed by atoms with Crippen LogP contribution in [0.1, 0.15) is 17.3 Å². The Labute approximate surface area is 144 Å². The highest BCUT2D eigenvalue weighted by Gasteiger charge is 2.17. The van der Waals surface area contributed by atoms with Gasteiger partial charge in [-0.05, 0) is 31.2 Å². The van der Waals surface area contributed by atoms with Crippen LogP contribution in [0.3, 0.4) is 0 Å². The number of rotatable bonds is 7. The lowest BCUT2D eigenvalue weighted by Gasteiger charge is -2.09. The van der Waals surface area contributed by atoms with Gasteiger partial charge in [-0.15, -0.1) is 0 Å². The highest BCUT2D eigenvalue weighted by Crippen LogP contribution is 2.28. The van der Waals surface area contributed by atoms with Crippen LogP contribution in [-0.2, 0) is 4.79 Å². The Morgan fingerprint density at radius 1 is 1.20 bits per heavy atom. The largest absolute Gasteiger partial charge is 0.496 e. The van der Waals surface area contributed by atoms with Gasteiger partial charge >= 0.3 is 0 Å². The average molecular weight is 343 g/mol. The molecule has 0 atom stereocenters. The Morgan fingerprint density at radius 2 is 1.96 bits per heavy atom. The Balaban J connectivity index is 2.04. The van der Waals surface area contributed by atoms with Crippen LogP contribution in [0.2, 0.25) is 0 Å². The molecule has 0 unspecified atom stereocenters. The van der Waals surface area contributed by atoms with Crippen molar-refractivity contribution in [3.05, 3.63) is 58.1 Å². The van der Waals surface area contributed by atoms with E-state index in [0.29, 0.717) is 17.0 Å². The average Bonchev–Trinajstić information content (AvgIpc) is 2.60. The van der Waals surface area contributed by atoms with Crippen molar-refractivity contribution in [1.29, 1.82) is 0 Å². The van der Waals surface area contributed by atoms with Gasteiger partial charge < -0.3 is 15.4 Å². The molecule has 0 fully saturated rings. The number of benzene rings is 2. The predicted octanol–water partition coefficient (Wildman–Crippen LogP) is 2.86. The van der Waals surface area contributed by atoms with Gasteiger partial charge in [0, 0.05) is 11.3 Å². The molecular weight excluding hydrogens is 326 g/mol. The SMILES string of the molecule is COc1ccc(NC(=O)CNc2cccc(C(C)=O)c2)c([N+](=O)[O-])c1. The summed E-state index contributed by atoms with van der Waals surface area (Å²) in [5.74, 6) is -0.215. The van der Waals surface area contributed by atoms with Gasteiger partial charge in [0.1, 0.15) is 11.4 Å². The molecule has 0 radical (unpaired) electrons. The molecule has 2 N–H and O–H groups in total. The third kappa shape index (κ3) is 4.77. The van der Waals surface area contributed by atoms with Crippen LogP contribution >= 0.6 is 0 Å². The van der Waals surface area contributed by atoms with Gasteiger partial charge in [-0.1, -0.05) is 12.1 Å². The Hall–Kier alpha value is -3.42. The lowest BCUT2D eigenvalue weighted by atomic mass is 10.1. The van der Waals surface area contributed by atoms with Gasteiger partial charge in [0.05, 0.1) is 24.6 Å². The number of ketones is 1. The molecule has 0 saturated carbocycles. The summed E-state index contributed by atoms with van der Waals surface area (Å²) in [6.07, 6.45) is 0. The summed E-state index contributed by atoms with van der Waals surface area (Å²) in [7, 11) is 1.40. The molecule has 1 amide bonds. The Kier molecular flexibility index (Phi) is 5.67. The fraction of sp³-hybridized carbons (Fsp3) is 0.176. The molecule has 130 valence electrons. The highest BCUT2D eigenvalue weighted by molar-refractivity contribution is 5.97. The third-order valence-corrected chi connectivity index (χ3v) is 3.40. The molecule has 0 aliphatic heterocycles. The van der Waals surface area contributed by atoms with E-state index in [9.17, 15) is 19.7 Å². The predicted molar refractivity (Wildman–Crippen MR) is 93.2 cm³/mol. The van der Waals surface area contributed by atoms with E-state index < -0.39 is 10.8 Å². The number of carbonyl (C=O) groups excluding carboxylic acids is 2. The monoisotopic (exact) mass is 343 g/mol. The van der Waals surface area contributed by atoms with Gasteiger partial charge in [0.15, 0.2) is 5.78 Å². The summed E-state index contributed by atoms with van der Waals surface area (Å²) < 4.78 is 4.94. The summed E-state index contributed by atoms with van der Waals surface area (Å²) in [4.78, 5) is 33.9. The number of anilines is 2. The molecule has 2 aromatic carbocycles. The van der Waals surface area contributed by atoms with Gasteiger partial charge in [-0.3, -0.25) is 19.7 Å². The second kappa shape index (κ2) is 7.91. The molecule has 0 aliphatic carbocycles. The highest BCUT2D eigenvalue weighted by atomic mass is 16.6. The minimum absolute atomic E-state index is 0.0788. The van der Waals surface area contributed by atoms with Crippen molar-refractivity contribution in [3.63, 3.8) is 0 Å². The molecule has 0 heterocycles. The van der Waals surface area contributed by atoms with E-state index >= 15 is 0 Å². The number of carbonyl (C=O) groups is 2. The number of nitrogens with one attached hydrogen (secondary N) is 2. The minimum Gasteiger partial charge on any atom is -0.496 e. The number of Topliss-reactive ketones (excluding diaryl/α,β-unsaturated/α-hetero) is 1. The number of hydrogen-bond acceptors (Lipinski definition) is 6. The Bertz CT molecular complexity index is 820. The van der Waals surface area contributed by atoms with E-state index in [1.807, 2.05) is 0 Å². The van der Waals surface area contributed by atoms with Crippen LogP contribution in [0.4, 0.5) is 17.1 Å². The van der Waals surface area contributed by atoms with E-state index in [-0.39, 0.29) is 23.7 Å². The van der Waals surface area contributed by atoms with Crippen molar-refractivity contribution < 1.29 is 19.2 Å². The molecule has 0 aliphatic rings. The van der Waals surface area contributed by atoms with Crippen LogP contribution in [0.25, 0.3) is 0 Å². The van der Waals surface area contributed by atoms with E-state index in [1.54, 1.807) is 24.3 Å². The van der Waals surface area contributed by atoms with Gasteiger partial charge in [-0.25, -0.2) is 0 Å². The molecule has 0 aromatic heterocycles. The number of amides is 1. The summed E-state index contributed by atoms with van der Waals surface area (Å²) in [5, 5.41) is 16.5. The number of hydrogen-bond donors (Lipinski definition) is 2. The van der Waals surface area contributed by atoms with Crippen molar-refractivity contribution in [2.24, 2.45) is 0 Å². The summed E-state index contributed by atoms with van der Waals surface area (Å²) in [5.41, 5.74) is 0.949. The maximum Gasteiger partial charge on any atom is 0.296 e. The molecule has 0 spiro atoms.